The molecule has 0 saturated heterocycles. The van der Waals surface area contributed by atoms with Crippen LogP contribution in [0.1, 0.15) is 57.2 Å². The van der Waals surface area contributed by atoms with Crippen molar-refractivity contribution in [2.24, 2.45) is 0 Å². The van der Waals surface area contributed by atoms with Gasteiger partial charge in [-0.25, -0.2) is 4.98 Å². The second kappa shape index (κ2) is 9.85. The predicted octanol–water partition coefficient (Wildman–Crippen LogP) is 4.57. The number of carbonyl (C=O) groups is 1. The molecule has 32 heavy (non-hydrogen) atoms. The van der Waals surface area contributed by atoms with E-state index in [9.17, 15) is 14.7 Å². The van der Waals surface area contributed by atoms with Gasteiger partial charge in [-0.1, -0.05) is 34.1 Å². The van der Waals surface area contributed by atoms with Gasteiger partial charge in [-0.05, 0) is 30.2 Å². The largest absolute Gasteiger partial charge is 0.508 e. The van der Waals surface area contributed by atoms with Crippen LogP contribution in [0.4, 0.5) is 0 Å². The predicted molar refractivity (Wildman–Crippen MR) is 124 cm³/mol. The van der Waals surface area contributed by atoms with Gasteiger partial charge in [-0.2, -0.15) is 0 Å². The fourth-order valence-corrected chi connectivity index (χ4v) is 3.89. The highest BCUT2D eigenvalue weighted by Crippen LogP contribution is 2.38. The molecule has 0 bridgehead atoms. The van der Waals surface area contributed by atoms with Crippen LogP contribution in [-0.4, -0.2) is 27.7 Å². The maximum absolute atomic E-state index is 13.2. The number of methoxy groups -OCH3 is 1. The standard InChI is InChI=1S/C22H22N2O5.C3H8/c1-4-13-14-8-12(25)6-7-17(14)23-21-15(13)10-24-18(21)9-19(28-3)16(22(24)27)11-29-20(26)5-2;1-3-2/h6-9,25H,4-5,10-11H2,1-3H3;3H2,1-2H3. The van der Waals surface area contributed by atoms with Gasteiger partial charge in [0.05, 0.1) is 36.1 Å². The Kier molecular flexibility index (Phi) is 7.18. The van der Waals surface area contributed by atoms with Crippen molar-refractivity contribution in [2.45, 2.75) is 60.1 Å². The third kappa shape index (κ3) is 4.20. The van der Waals surface area contributed by atoms with Crippen molar-refractivity contribution in [3.8, 4) is 22.9 Å². The molecule has 0 amide bonds. The lowest BCUT2D eigenvalue weighted by Crippen LogP contribution is -2.25. The second-order valence-electron chi connectivity index (χ2n) is 7.66. The minimum atomic E-state index is -0.374. The van der Waals surface area contributed by atoms with Crippen LogP contribution in [0.25, 0.3) is 22.3 Å². The number of esters is 1. The monoisotopic (exact) mass is 438 g/mol. The Labute approximate surface area is 187 Å². The lowest BCUT2D eigenvalue weighted by atomic mass is 9.98. The zero-order chi connectivity index (χ0) is 23.4. The van der Waals surface area contributed by atoms with Crippen molar-refractivity contribution >= 4 is 16.9 Å². The van der Waals surface area contributed by atoms with Crippen molar-refractivity contribution in [2.75, 3.05) is 7.11 Å². The molecule has 0 fully saturated rings. The van der Waals surface area contributed by atoms with Gasteiger partial charge in [0, 0.05) is 23.4 Å². The molecule has 4 rings (SSSR count). The molecule has 7 heteroatoms. The highest BCUT2D eigenvalue weighted by Gasteiger charge is 2.28. The molecule has 0 radical (unpaired) electrons. The van der Waals surface area contributed by atoms with Crippen LogP contribution in [0.5, 0.6) is 11.5 Å². The molecule has 1 aliphatic heterocycles. The number of ether oxygens (including phenoxy) is 2. The van der Waals surface area contributed by atoms with Crippen molar-refractivity contribution in [3.05, 3.63) is 51.3 Å². The fraction of sp³-hybridized carbons (Fsp3) is 0.400. The zero-order valence-corrected chi connectivity index (χ0v) is 19.3. The van der Waals surface area contributed by atoms with Gasteiger partial charge in [0.2, 0.25) is 0 Å². The Morgan fingerprint density at radius 3 is 2.50 bits per heavy atom. The van der Waals surface area contributed by atoms with E-state index in [4.69, 9.17) is 14.5 Å². The number of hydrogen-bond acceptors (Lipinski definition) is 6. The second-order valence-corrected chi connectivity index (χ2v) is 7.66. The molecular formula is C25H30N2O5. The lowest BCUT2D eigenvalue weighted by Gasteiger charge is -2.12. The molecule has 1 aliphatic rings. The van der Waals surface area contributed by atoms with E-state index < -0.39 is 0 Å². The van der Waals surface area contributed by atoms with Crippen molar-refractivity contribution in [1.82, 2.24) is 9.55 Å². The Hall–Kier alpha value is -3.35. The van der Waals surface area contributed by atoms with Crippen molar-refractivity contribution in [1.29, 1.82) is 0 Å². The number of nitrogens with zero attached hydrogens (tertiary/aromatic N) is 2. The van der Waals surface area contributed by atoms with Gasteiger partial charge < -0.3 is 19.1 Å². The summed E-state index contributed by atoms with van der Waals surface area (Å²) in [4.78, 5) is 29.5. The van der Waals surface area contributed by atoms with E-state index in [1.165, 1.54) is 13.5 Å². The summed E-state index contributed by atoms with van der Waals surface area (Å²) < 4.78 is 12.3. The van der Waals surface area contributed by atoms with E-state index in [-0.39, 0.29) is 30.3 Å². The van der Waals surface area contributed by atoms with E-state index in [0.717, 1.165) is 34.1 Å². The Morgan fingerprint density at radius 1 is 1.16 bits per heavy atom. The van der Waals surface area contributed by atoms with E-state index in [1.54, 1.807) is 35.8 Å². The molecule has 0 unspecified atom stereocenters. The Balaban J connectivity index is 0.000000913. The molecular weight excluding hydrogens is 408 g/mol. The maximum Gasteiger partial charge on any atom is 0.305 e. The molecule has 1 N–H and O–H groups in total. The van der Waals surface area contributed by atoms with E-state index in [0.29, 0.717) is 23.6 Å². The molecule has 0 saturated carbocycles. The van der Waals surface area contributed by atoms with E-state index >= 15 is 0 Å². The third-order valence-corrected chi connectivity index (χ3v) is 5.35. The number of phenols is 1. The topological polar surface area (TPSA) is 90.7 Å². The average Bonchev–Trinajstić information content (AvgIpc) is 3.15. The minimum absolute atomic E-state index is 0.130. The van der Waals surface area contributed by atoms with Gasteiger partial charge in [0.1, 0.15) is 18.1 Å². The number of aryl methyl sites for hydroxylation is 1. The van der Waals surface area contributed by atoms with Crippen LogP contribution in [0.15, 0.2) is 29.1 Å². The summed E-state index contributed by atoms with van der Waals surface area (Å²) >= 11 is 0. The van der Waals surface area contributed by atoms with Gasteiger partial charge in [0.15, 0.2) is 0 Å². The summed E-state index contributed by atoms with van der Waals surface area (Å²) in [6.45, 7) is 8.24. The number of aromatic hydroxyl groups is 1. The van der Waals surface area contributed by atoms with Crippen LogP contribution in [0, 0.1) is 0 Å². The van der Waals surface area contributed by atoms with Crippen LogP contribution >= 0.6 is 0 Å². The molecule has 170 valence electrons. The molecule has 1 aromatic carbocycles. The fourth-order valence-electron chi connectivity index (χ4n) is 3.89. The molecule has 0 spiro atoms. The van der Waals surface area contributed by atoms with Crippen LogP contribution in [0.3, 0.4) is 0 Å². The van der Waals surface area contributed by atoms with Crippen LogP contribution in [0.2, 0.25) is 0 Å². The van der Waals surface area contributed by atoms with Crippen molar-refractivity contribution < 1.29 is 19.4 Å². The van der Waals surface area contributed by atoms with E-state index in [1.807, 2.05) is 6.92 Å². The van der Waals surface area contributed by atoms with Gasteiger partial charge in [0.25, 0.3) is 5.56 Å². The average molecular weight is 439 g/mol. The quantitative estimate of drug-likeness (QED) is 0.459. The van der Waals surface area contributed by atoms with Crippen LogP contribution < -0.4 is 10.3 Å². The van der Waals surface area contributed by atoms with Crippen LogP contribution in [-0.2, 0) is 29.1 Å². The van der Waals surface area contributed by atoms with Gasteiger partial charge in [-0.15, -0.1) is 0 Å². The highest BCUT2D eigenvalue weighted by molar-refractivity contribution is 5.89. The first kappa shape index (κ1) is 23.3. The number of fused-ring (bicyclic) bond motifs is 4. The number of benzene rings is 1. The third-order valence-electron chi connectivity index (χ3n) is 5.35. The summed E-state index contributed by atoms with van der Waals surface area (Å²) in [6.07, 6.45) is 2.23. The lowest BCUT2D eigenvalue weighted by molar-refractivity contribution is -0.144. The van der Waals surface area contributed by atoms with Gasteiger partial charge >= 0.3 is 5.97 Å². The maximum atomic E-state index is 13.2. The first-order valence-corrected chi connectivity index (χ1v) is 11.0. The minimum Gasteiger partial charge on any atom is -0.508 e. The molecule has 0 atom stereocenters. The number of phenolic OH excluding ortho intramolecular Hbond substituents is 1. The number of hydrogen-bond donors (Lipinski definition) is 1. The first-order valence-electron chi connectivity index (χ1n) is 11.0. The summed E-state index contributed by atoms with van der Waals surface area (Å²) in [5.74, 6) is 0.188. The summed E-state index contributed by atoms with van der Waals surface area (Å²) in [5, 5.41) is 10.8. The summed E-state index contributed by atoms with van der Waals surface area (Å²) in [5.41, 5.74) is 4.26. The number of rotatable bonds is 5. The Morgan fingerprint density at radius 2 is 1.88 bits per heavy atom. The zero-order valence-electron chi connectivity index (χ0n) is 19.3. The summed E-state index contributed by atoms with van der Waals surface area (Å²) in [7, 11) is 1.49. The van der Waals surface area contributed by atoms with Crippen molar-refractivity contribution in [3.63, 3.8) is 0 Å². The Bertz CT molecular complexity index is 1210. The van der Waals surface area contributed by atoms with Gasteiger partial charge in [-0.3, -0.25) is 9.59 Å². The molecule has 0 aliphatic carbocycles. The SMILES string of the molecule is CCC.CCC(=O)OCc1c(OC)cc2n(c1=O)Cc1c-2nc2ccc(O)cc2c1CC. The number of pyridine rings is 2. The number of carbonyl (C=O) groups excluding carboxylic acids is 1. The van der Waals surface area contributed by atoms with E-state index in [2.05, 4.69) is 13.8 Å². The molecule has 7 nitrogen and oxygen atoms in total. The normalized spacial score (nSPS) is 11.4. The number of aromatic nitrogens is 2. The molecule has 3 aromatic rings. The molecule has 2 aromatic heterocycles. The molecule has 3 heterocycles. The highest BCUT2D eigenvalue weighted by atomic mass is 16.5. The summed E-state index contributed by atoms with van der Waals surface area (Å²) in [6, 6.07) is 6.88. The first-order chi connectivity index (χ1) is 15.4. The smallest absolute Gasteiger partial charge is 0.305 e.